The maximum absolute atomic E-state index is 13.2. The lowest BCUT2D eigenvalue weighted by Gasteiger charge is -2.36. The fourth-order valence-corrected chi connectivity index (χ4v) is 4.38. The Hall–Kier alpha value is -4.07. The van der Waals surface area contributed by atoms with Gasteiger partial charge in [-0.2, -0.15) is 0 Å². The Balaban J connectivity index is 1.42. The van der Waals surface area contributed by atoms with Crippen molar-refractivity contribution in [2.24, 2.45) is 5.92 Å². The Bertz CT molecular complexity index is 1160. The topological polar surface area (TPSA) is 101 Å². The third-order valence-corrected chi connectivity index (χ3v) is 6.53. The highest BCUT2D eigenvalue weighted by Gasteiger charge is 2.34. The zero-order chi connectivity index (χ0) is 25.5. The van der Waals surface area contributed by atoms with Crippen LogP contribution in [0.15, 0.2) is 71.3 Å². The number of rotatable bonds is 8. The van der Waals surface area contributed by atoms with Crippen LogP contribution in [0.2, 0.25) is 0 Å². The lowest BCUT2D eigenvalue weighted by molar-refractivity contribution is -0.124. The molecule has 0 bridgehead atoms. The van der Waals surface area contributed by atoms with E-state index in [2.05, 4.69) is 10.6 Å². The molecular weight excluding hydrogens is 458 g/mol. The van der Waals surface area contributed by atoms with Crippen molar-refractivity contribution in [3.8, 4) is 5.75 Å². The smallest absolute Gasteiger partial charge is 0.253 e. The number of hydrogen-bond donors (Lipinski definition) is 2. The van der Waals surface area contributed by atoms with Crippen LogP contribution >= 0.6 is 0 Å². The highest BCUT2D eigenvalue weighted by Crippen LogP contribution is 2.24. The third-order valence-electron chi connectivity index (χ3n) is 6.53. The first-order chi connectivity index (χ1) is 17.4. The van der Waals surface area contributed by atoms with Gasteiger partial charge in [0.05, 0.1) is 19.9 Å². The quantitative estimate of drug-likeness (QED) is 0.504. The van der Waals surface area contributed by atoms with Crippen LogP contribution in [0.3, 0.4) is 0 Å². The number of ether oxygens (including phenoxy) is 1. The Kier molecular flexibility index (Phi) is 8.05. The Morgan fingerprint density at radius 2 is 1.67 bits per heavy atom. The zero-order valence-corrected chi connectivity index (χ0v) is 20.5. The van der Waals surface area contributed by atoms with Crippen LogP contribution in [-0.4, -0.2) is 48.9 Å². The lowest BCUT2D eigenvalue weighted by atomic mass is 9.88. The standard InChI is InChI=1S/C28H31N3O5/c1-19-5-7-21(8-6-19)26(32)30-25(27(33)29-18-24-4-3-17-36-24)20-13-15-31(16-14-20)28(34)22-9-11-23(35-2)12-10-22/h3-12,17,20,25H,13-16,18H2,1-2H3,(H,29,33)(H,30,32). The number of carbonyl (C=O) groups excluding carboxylic acids is 3. The van der Waals surface area contributed by atoms with Gasteiger partial charge in [0.15, 0.2) is 0 Å². The Morgan fingerprint density at radius 3 is 2.28 bits per heavy atom. The second kappa shape index (κ2) is 11.6. The number of hydrogen-bond acceptors (Lipinski definition) is 5. The summed E-state index contributed by atoms with van der Waals surface area (Å²) in [6.07, 6.45) is 2.73. The summed E-state index contributed by atoms with van der Waals surface area (Å²) in [6.45, 7) is 3.18. The minimum atomic E-state index is -0.730. The molecule has 0 radical (unpaired) electrons. The minimum Gasteiger partial charge on any atom is -0.497 e. The van der Waals surface area contributed by atoms with Gasteiger partial charge in [0.1, 0.15) is 17.6 Å². The van der Waals surface area contributed by atoms with Crippen LogP contribution in [0.4, 0.5) is 0 Å². The average molecular weight is 490 g/mol. The molecule has 8 nitrogen and oxygen atoms in total. The maximum Gasteiger partial charge on any atom is 0.253 e. The van der Waals surface area contributed by atoms with Gasteiger partial charge in [-0.15, -0.1) is 0 Å². The van der Waals surface area contributed by atoms with Crippen LogP contribution in [0.25, 0.3) is 0 Å². The molecule has 1 aromatic heterocycles. The van der Waals surface area contributed by atoms with Crippen LogP contribution in [0, 0.1) is 12.8 Å². The number of benzene rings is 2. The molecule has 1 unspecified atom stereocenters. The summed E-state index contributed by atoms with van der Waals surface area (Å²) >= 11 is 0. The van der Waals surface area contributed by atoms with Gasteiger partial charge in [-0.1, -0.05) is 17.7 Å². The van der Waals surface area contributed by atoms with E-state index in [1.807, 2.05) is 19.1 Å². The molecule has 0 saturated carbocycles. The van der Waals surface area contributed by atoms with Gasteiger partial charge >= 0.3 is 0 Å². The van der Waals surface area contributed by atoms with E-state index < -0.39 is 6.04 Å². The highest BCUT2D eigenvalue weighted by atomic mass is 16.5. The number of aryl methyl sites for hydroxylation is 1. The van der Waals surface area contributed by atoms with E-state index in [9.17, 15) is 14.4 Å². The van der Waals surface area contributed by atoms with Crippen molar-refractivity contribution in [3.63, 3.8) is 0 Å². The number of furan rings is 1. The maximum atomic E-state index is 13.2. The Labute approximate surface area is 210 Å². The summed E-state index contributed by atoms with van der Waals surface area (Å²) in [7, 11) is 1.58. The number of carbonyl (C=O) groups is 3. The predicted molar refractivity (Wildman–Crippen MR) is 135 cm³/mol. The fraction of sp³-hybridized carbons (Fsp3) is 0.321. The van der Waals surface area contributed by atoms with Crippen LogP contribution in [0.5, 0.6) is 5.75 Å². The molecule has 1 aliphatic rings. The largest absolute Gasteiger partial charge is 0.497 e. The van der Waals surface area contributed by atoms with Crippen LogP contribution in [0.1, 0.15) is 44.9 Å². The van der Waals surface area contributed by atoms with Crippen molar-refractivity contribution in [1.82, 2.24) is 15.5 Å². The van der Waals surface area contributed by atoms with Crippen molar-refractivity contribution in [3.05, 3.63) is 89.4 Å². The van der Waals surface area contributed by atoms with Crippen molar-refractivity contribution in [2.45, 2.75) is 32.4 Å². The molecule has 36 heavy (non-hydrogen) atoms. The molecule has 4 rings (SSSR count). The van der Waals surface area contributed by atoms with E-state index in [0.717, 1.165) is 5.56 Å². The molecular formula is C28H31N3O5. The number of piperidine rings is 1. The minimum absolute atomic E-state index is 0.0568. The van der Waals surface area contributed by atoms with E-state index in [1.165, 1.54) is 0 Å². The first kappa shape index (κ1) is 25.0. The number of nitrogens with one attached hydrogen (secondary N) is 2. The van der Waals surface area contributed by atoms with Gasteiger partial charge < -0.3 is 24.7 Å². The van der Waals surface area contributed by atoms with Crippen molar-refractivity contribution < 1.29 is 23.5 Å². The van der Waals surface area contributed by atoms with Gasteiger partial charge in [0.25, 0.3) is 11.8 Å². The monoisotopic (exact) mass is 489 g/mol. The summed E-state index contributed by atoms with van der Waals surface area (Å²) in [5, 5.41) is 5.82. The molecule has 8 heteroatoms. The predicted octanol–water partition coefficient (Wildman–Crippen LogP) is 3.56. The Morgan fingerprint density at radius 1 is 1.00 bits per heavy atom. The van der Waals surface area contributed by atoms with E-state index >= 15 is 0 Å². The number of likely N-dealkylation sites (tertiary alicyclic amines) is 1. The van der Waals surface area contributed by atoms with E-state index in [1.54, 1.807) is 66.8 Å². The number of methoxy groups -OCH3 is 1. The van der Waals surface area contributed by atoms with Gasteiger partial charge in [0, 0.05) is 24.2 Å². The SMILES string of the molecule is COc1ccc(C(=O)N2CCC(C(NC(=O)c3ccc(C)cc3)C(=O)NCc3ccco3)CC2)cc1. The van der Waals surface area contributed by atoms with E-state index in [-0.39, 0.29) is 30.2 Å². The van der Waals surface area contributed by atoms with Crippen LogP contribution < -0.4 is 15.4 Å². The molecule has 0 aliphatic carbocycles. The summed E-state index contributed by atoms with van der Waals surface area (Å²) in [5.41, 5.74) is 2.14. The second-order valence-corrected chi connectivity index (χ2v) is 8.97. The summed E-state index contributed by atoms with van der Waals surface area (Å²) in [5.74, 6) is 0.580. The first-order valence-electron chi connectivity index (χ1n) is 12.1. The zero-order valence-electron chi connectivity index (χ0n) is 20.5. The van der Waals surface area contributed by atoms with Crippen molar-refractivity contribution in [1.29, 1.82) is 0 Å². The summed E-state index contributed by atoms with van der Waals surface area (Å²) in [4.78, 5) is 40.9. The normalized spacial score (nSPS) is 14.7. The lowest BCUT2D eigenvalue weighted by Crippen LogP contribution is -2.53. The van der Waals surface area contributed by atoms with E-state index in [4.69, 9.17) is 9.15 Å². The summed E-state index contributed by atoms with van der Waals surface area (Å²) in [6, 6.07) is 17.1. The van der Waals surface area contributed by atoms with Gasteiger partial charge in [-0.05, 0) is 74.2 Å². The first-order valence-corrected chi connectivity index (χ1v) is 12.1. The van der Waals surface area contributed by atoms with E-state index in [0.29, 0.717) is 48.6 Å². The summed E-state index contributed by atoms with van der Waals surface area (Å²) < 4.78 is 10.5. The fourth-order valence-electron chi connectivity index (χ4n) is 4.38. The third kappa shape index (κ3) is 6.13. The molecule has 1 atom stereocenters. The van der Waals surface area contributed by atoms with Gasteiger partial charge in [0.2, 0.25) is 5.91 Å². The highest BCUT2D eigenvalue weighted by molar-refractivity contribution is 5.98. The number of amides is 3. The van der Waals surface area contributed by atoms with Crippen LogP contribution in [-0.2, 0) is 11.3 Å². The molecule has 2 heterocycles. The van der Waals surface area contributed by atoms with Crippen molar-refractivity contribution >= 4 is 17.7 Å². The number of nitrogens with zero attached hydrogens (tertiary/aromatic N) is 1. The molecule has 1 aliphatic heterocycles. The molecule has 2 N–H and O–H groups in total. The van der Waals surface area contributed by atoms with Gasteiger partial charge in [-0.25, -0.2) is 0 Å². The molecule has 0 spiro atoms. The molecule has 1 fully saturated rings. The van der Waals surface area contributed by atoms with Crippen molar-refractivity contribution in [2.75, 3.05) is 20.2 Å². The molecule has 2 aromatic carbocycles. The molecule has 188 valence electrons. The molecule has 1 saturated heterocycles. The average Bonchev–Trinajstić information content (AvgIpc) is 3.44. The second-order valence-electron chi connectivity index (χ2n) is 8.97. The molecule has 3 amide bonds. The van der Waals surface area contributed by atoms with Gasteiger partial charge in [-0.3, -0.25) is 14.4 Å². The molecule has 3 aromatic rings.